The molecule has 30 heavy (non-hydrogen) atoms. The predicted octanol–water partition coefficient (Wildman–Crippen LogP) is 2.59. The van der Waals surface area contributed by atoms with Gasteiger partial charge < -0.3 is 9.13 Å². The molecular formula is C22H20N4O2P2. The van der Waals surface area contributed by atoms with Gasteiger partial charge in [0.2, 0.25) is 0 Å². The van der Waals surface area contributed by atoms with Crippen LogP contribution in [0.4, 0.5) is 0 Å². The van der Waals surface area contributed by atoms with E-state index in [4.69, 9.17) is 0 Å². The number of hydrogen-bond donors (Lipinski definition) is 0. The van der Waals surface area contributed by atoms with E-state index >= 15 is 0 Å². The maximum Gasteiger partial charge on any atom is 0.178 e. The lowest BCUT2D eigenvalue weighted by Gasteiger charge is -2.21. The molecule has 0 amide bonds. The smallest absolute Gasteiger partial charge is 0.178 e. The molecule has 4 heterocycles. The topological polar surface area (TPSA) is 85.7 Å². The van der Waals surface area contributed by atoms with Crippen molar-refractivity contribution in [2.75, 3.05) is 12.3 Å². The van der Waals surface area contributed by atoms with Crippen LogP contribution in [-0.2, 0) is 9.13 Å². The summed E-state index contributed by atoms with van der Waals surface area (Å²) in [7, 11) is -6.42. The van der Waals surface area contributed by atoms with Crippen LogP contribution in [0.5, 0.6) is 0 Å². The minimum absolute atomic E-state index is 0.144. The first-order valence-corrected chi connectivity index (χ1v) is 13.3. The summed E-state index contributed by atoms with van der Waals surface area (Å²) in [6.45, 7) is 0. The van der Waals surface area contributed by atoms with Crippen molar-refractivity contribution >= 4 is 36.0 Å². The summed E-state index contributed by atoms with van der Waals surface area (Å²) >= 11 is 0. The molecule has 0 atom stereocenters. The van der Waals surface area contributed by atoms with E-state index in [-0.39, 0.29) is 12.3 Å². The molecule has 0 aliphatic rings. The molecule has 0 N–H and O–H groups in total. The highest BCUT2D eigenvalue weighted by molar-refractivity contribution is 7.81. The molecule has 0 bridgehead atoms. The molecule has 6 nitrogen and oxygen atoms in total. The van der Waals surface area contributed by atoms with E-state index in [1.165, 1.54) is 0 Å². The van der Waals surface area contributed by atoms with Gasteiger partial charge in [0.05, 0.1) is 0 Å². The highest BCUT2D eigenvalue weighted by Gasteiger charge is 2.37. The maximum absolute atomic E-state index is 14.2. The van der Waals surface area contributed by atoms with Gasteiger partial charge >= 0.3 is 0 Å². The first kappa shape index (κ1) is 20.3. The summed E-state index contributed by atoms with van der Waals surface area (Å²) in [5.41, 5.74) is 1.82. The van der Waals surface area contributed by atoms with Gasteiger partial charge in [0.25, 0.3) is 0 Å². The van der Waals surface area contributed by atoms with E-state index in [9.17, 15) is 9.13 Å². The molecule has 0 aliphatic carbocycles. The Morgan fingerprint density at radius 2 is 0.733 bits per heavy atom. The molecule has 4 rings (SSSR count). The summed E-state index contributed by atoms with van der Waals surface area (Å²) in [5.74, 6) is 0. The quantitative estimate of drug-likeness (QED) is 0.416. The average molecular weight is 434 g/mol. The summed E-state index contributed by atoms with van der Waals surface area (Å²) in [6, 6.07) is 21.3. The van der Waals surface area contributed by atoms with Crippen molar-refractivity contribution in [3.8, 4) is 0 Å². The molecular weight excluding hydrogens is 414 g/mol. The minimum Gasteiger partial charge on any atom is -0.310 e. The summed E-state index contributed by atoms with van der Waals surface area (Å²) in [5, 5.41) is 0. The van der Waals surface area contributed by atoms with Crippen molar-refractivity contribution < 1.29 is 9.13 Å². The lowest BCUT2D eigenvalue weighted by atomic mass is 10.5. The molecule has 0 fully saturated rings. The molecule has 150 valence electrons. The highest BCUT2D eigenvalue weighted by atomic mass is 31.2. The summed E-state index contributed by atoms with van der Waals surface area (Å²) < 4.78 is 28.5. The SMILES string of the molecule is O=P(CCP(=O)(c1ccccn1)c1ccccn1)(c1ccccn1)c1ccccn1. The molecule has 4 aromatic rings. The normalized spacial score (nSPS) is 11.9. The Kier molecular flexibility index (Phi) is 5.98. The number of nitrogens with zero attached hydrogens (tertiary/aromatic N) is 4. The van der Waals surface area contributed by atoms with E-state index in [0.717, 1.165) is 0 Å². The predicted molar refractivity (Wildman–Crippen MR) is 120 cm³/mol. The molecule has 0 saturated heterocycles. The number of pyridine rings is 4. The fraction of sp³-hybridized carbons (Fsp3) is 0.0909. The Labute approximate surface area is 175 Å². The van der Waals surface area contributed by atoms with Gasteiger partial charge in [-0.1, -0.05) is 24.3 Å². The van der Waals surface area contributed by atoms with E-state index in [1.807, 2.05) is 0 Å². The van der Waals surface area contributed by atoms with Gasteiger partial charge in [-0.25, -0.2) is 0 Å². The van der Waals surface area contributed by atoms with Gasteiger partial charge in [0, 0.05) is 37.1 Å². The molecule has 0 aliphatic heterocycles. The highest BCUT2D eigenvalue weighted by Crippen LogP contribution is 2.49. The van der Waals surface area contributed by atoms with Gasteiger partial charge in [-0.15, -0.1) is 0 Å². The number of hydrogen-bond acceptors (Lipinski definition) is 6. The average Bonchev–Trinajstić information content (AvgIpc) is 2.84. The van der Waals surface area contributed by atoms with Crippen molar-refractivity contribution in [2.45, 2.75) is 0 Å². The number of aromatic nitrogens is 4. The zero-order chi connectivity index (χ0) is 20.9. The first-order valence-electron chi connectivity index (χ1n) is 9.47. The lowest BCUT2D eigenvalue weighted by Crippen LogP contribution is -2.28. The molecule has 0 radical (unpaired) electrons. The third-order valence-electron chi connectivity index (χ3n) is 4.81. The van der Waals surface area contributed by atoms with Crippen molar-refractivity contribution in [3.63, 3.8) is 0 Å². The lowest BCUT2D eigenvalue weighted by molar-refractivity contribution is 0.580. The third kappa shape index (κ3) is 4.02. The summed E-state index contributed by atoms with van der Waals surface area (Å²) in [6.07, 6.45) is 6.74. The van der Waals surface area contributed by atoms with Crippen LogP contribution in [0.25, 0.3) is 0 Å². The van der Waals surface area contributed by atoms with E-state index in [2.05, 4.69) is 19.9 Å². The van der Waals surface area contributed by atoms with Crippen LogP contribution >= 0.6 is 14.3 Å². The first-order chi connectivity index (χ1) is 14.6. The van der Waals surface area contributed by atoms with Crippen molar-refractivity contribution in [2.24, 2.45) is 0 Å². The zero-order valence-electron chi connectivity index (χ0n) is 16.2. The Morgan fingerprint density at radius 1 is 0.467 bits per heavy atom. The second-order valence-corrected chi connectivity index (χ2v) is 12.4. The van der Waals surface area contributed by atoms with Crippen LogP contribution in [0.3, 0.4) is 0 Å². The molecule has 4 aromatic heterocycles. The second kappa shape index (κ2) is 8.83. The van der Waals surface area contributed by atoms with Gasteiger partial charge in [-0.05, 0) is 48.5 Å². The van der Waals surface area contributed by atoms with Gasteiger partial charge in [-0.3, -0.25) is 19.9 Å². The second-order valence-electron chi connectivity index (χ2n) is 6.68. The molecule has 0 unspecified atom stereocenters. The Bertz CT molecular complexity index is 1010. The fourth-order valence-corrected chi connectivity index (χ4v) is 9.20. The van der Waals surface area contributed by atoms with Gasteiger partial charge in [0.15, 0.2) is 14.3 Å². The Hall–Kier alpha value is -2.94. The minimum atomic E-state index is -3.21. The Morgan fingerprint density at radius 3 is 0.933 bits per heavy atom. The van der Waals surface area contributed by atoms with Crippen LogP contribution in [0.2, 0.25) is 0 Å². The molecule has 8 heteroatoms. The standard InChI is InChI=1S/C22H20N4O2P2/c27-29(19-9-1-5-13-23-19,20-10-2-6-14-24-20)17-18-30(28,21-11-3-7-15-25-21)22-12-4-8-16-26-22/h1-16H,17-18H2. The zero-order valence-corrected chi connectivity index (χ0v) is 17.9. The van der Waals surface area contributed by atoms with Gasteiger partial charge in [-0.2, -0.15) is 0 Å². The molecule has 0 saturated carbocycles. The number of rotatable bonds is 7. The van der Waals surface area contributed by atoms with E-state index < -0.39 is 14.3 Å². The van der Waals surface area contributed by atoms with Crippen molar-refractivity contribution in [1.29, 1.82) is 0 Å². The van der Waals surface area contributed by atoms with Crippen LogP contribution in [0.15, 0.2) is 97.6 Å². The third-order valence-corrected chi connectivity index (χ3v) is 10.9. The largest absolute Gasteiger partial charge is 0.310 e. The van der Waals surface area contributed by atoms with Crippen LogP contribution in [-0.4, -0.2) is 32.3 Å². The van der Waals surface area contributed by atoms with Crippen molar-refractivity contribution in [1.82, 2.24) is 19.9 Å². The van der Waals surface area contributed by atoms with Gasteiger partial charge in [0.1, 0.15) is 21.7 Å². The molecule has 0 spiro atoms. The van der Waals surface area contributed by atoms with E-state index in [0.29, 0.717) is 21.7 Å². The monoisotopic (exact) mass is 434 g/mol. The fourth-order valence-electron chi connectivity index (χ4n) is 3.24. The molecule has 0 aromatic carbocycles. The van der Waals surface area contributed by atoms with Crippen LogP contribution in [0, 0.1) is 0 Å². The van der Waals surface area contributed by atoms with E-state index in [1.54, 1.807) is 97.6 Å². The summed E-state index contributed by atoms with van der Waals surface area (Å²) in [4.78, 5) is 17.4. The van der Waals surface area contributed by atoms with Crippen LogP contribution in [0.1, 0.15) is 0 Å². The maximum atomic E-state index is 14.2. The van der Waals surface area contributed by atoms with Crippen LogP contribution < -0.4 is 21.7 Å². The Balaban J connectivity index is 1.78. The van der Waals surface area contributed by atoms with Crippen molar-refractivity contribution in [3.05, 3.63) is 97.6 Å².